The zero-order valence-electron chi connectivity index (χ0n) is 12.6. The number of aliphatic hydroxyl groups is 1. The van der Waals surface area contributed by atoms with Gasteiger partial charge in [-0.05, 0) is 64.0 Å². The highest BCUT2D eigenvalue weighted by atomic mass is 16.3. The molecule has 0 radical (unpaired) electrons. The predicted molar refractivity (Wildman–Crippen MR) is 80.1 cm³/mol. The van der Waals surface area contributed by atoms with E-state index < -0.39 is 5.60 Å². The predicted octanol–water partition coefficient (Wildman–Crippen LogP) is 2.52. The van der Waals surface area contributed by atoms with E-state index >= 15 is 0 Å². The molecule has 112 valence electrons. The lowest BCUT2D eigenvalue weighted by molar-refractivity contribution is 0.0204. The highest BCUT2D eigenvalue weighted by molar-refractivity contribution is 4.88. The zero-order chi connectivity index (χ0) is 13.7. The first-order valence-electron chi connectivity index (χ1n) is 8.35. The molecule has 0 aromatic heterocycles. The molecule has 2 rings (SSSR count). The van der Waals surface area contributed by atoms with E-state index in [1.165, 1.54) is 45.1 Å². The van der Waals surface area contributed by atoms with Crippen LogP contribution >= 0.6 is 0 Å². The van der Waals surface area contributed by atoms with Gasteiger partial charge in [0.1, 0.15) is 0 Å². The standard InChI is InChI=1S/C16H32N2O/c1-2-16(19,13-17)10-6-12-18-11-5-8-14-7-3-4-9-15(14)18/h14-15,19H,2-13,17H2,1H3. The second-order valence-electron chi connectivity index (χ2n) is 6.68. The Morgan fingerprint density at radius 2 is 1.95 bits per heavy atom. The molecule has 3 heteroatoms. The van der Waals surface area contributed by atoms with Crippen molar-refractivity contribution in [3.05, 3.63) is 0 Å². The average molecular weight is 268 g/mol. The summed E-state index contributed by atoms with van der Waals surface area (Å²) in [7, 11) is 0. The monoisotopic (exact) mass is 268 g/mol. The lowest BCUT2D eigenvalue weighted by Gasteiger charge is -2.44. The fourth-order valence-electron chi connectivity index (χ4n) is 4.04. The molecule has 3 unspecified atom stereocenters. The summed E-state index contributed by atoms with van der Waals surface area (Å²) < 4.78 is 0. The molecule has 0 spiro atoms. The van der Waals surface area contributed by atoms with Gasteiger partial charge < -0.3 is 15.7 Å². The number of hydrogen-bond donors (Lipinski definition) is 2. The first kappa shape index (κ1) is 15.3. The molecular formula is C16H32N2O. The number of nitrogens with zero attached hydrogens (tertiary/aromatic N) is 1. The maximum atomic E-state index is 10.2. The third kappa shape index (κ3) is 3.93. The van der Waals surface area contributed by atoms with Crippen molar-refractivity contribution in [2.45, 2.75) is 76.4 Å². The molecule has 1 saturated heterocycles. The molecule has 1 heterocycles. The van der Waals surface area contributed by atoms with E-state index in [9.17, 15) is 5.11 Å². The van der Waals surface area contributed by atoms with Gasteiger partial charge in [0, 0.05) is 12.6 Å². The van der Waals surface area contributed by atoms with E-state index in [0.29, 0.717) is 6.54 Å². The van der Waals surface area contributed by atoms with Crippen LogP contribution in [0.25, 0.3) is 0 Å². The van der Waals surface area contributed by atoms with E-state index in [4.69, 9.17) is 5.73 Å². The van der Waals surface area contributed by atoms with Gasteiger partial charge >= 0.3 is 0 Å². The Labute approximate surface area is 118 Å². The molecule has 3 nitrogen and oxygen atoms in total. The molecule has 1 saturated carbocycles. The molecular weight excluding hydrogens is 236 g/mol. The minimum absolute atomic E-state index is 0.398. The van der Waals surface area contributed by atoms with Crippen molar-refractivity contribution in [1.29, 1.82) is 0 Å². The summed E-state index contributed by atoms with van der Waals surface area (Å²) in [5.74, 6) is 0.960. The second kappa shape index (κ2) is 7.05. The van der Waals surface area contributed by atoms with Crippen LogP contribution in [0.15, 0.2) is 0 Å². The zero-order valence-corrected chi connectivity index (χ0v) is 12.6. The molecule has 2 fully saturated rings. The van der Waals surface area contributed by atoms with Gasteiger partial charge in [0.15, 0.2) is 0 Å². The highest BCUT2D eigenvalue weighted by Crippen LogP contribution is 2.35. The van der Waals surface area contributed by atoms with Crippen LogP contribution in [0.4, 0.5) is 0 Å². The molecule has 1 aliphatic heterocycles. The van der Waals surface area contributed by atoms with Crippen LogP contribution in [-0.2, 0) is 0 Å². The first-order valence-corrected chi connectivity index (χ1v) is 8.35. The Bertz CT molecular complexity index is 263. The topological polar surface area (TPSA) is 49.5 Å². The molecule has 1 aliphatic carbocycles. The average Bonchev–Trinajstić information content (AvgIpc) is 2.47. The summed E-state index contributed by atoms with van der Waals surface area (Å²) in [6.07, 6.45) is 11.2. The largest absolute Gasteiger partial charge is 0.389 e. The molecule has 3 N–H and O–H groups in total. The van der Waals surface area contributed by atoms with Crippen LogP contribution in [0, 0.1) is 5.92 Å². The molecule has 0 bridgehead atoms. The minimum Gasteiger partial charge on any atom is -0.389 e. The lowest BCUT2D eigenvalue weighted by atomic mass is 9.78. The van der Waals surface area contributed by atoms with Crippen molar-refractivity contribution in [2.24, 2.45) is 11.7 Å². The van der Waals surface area contributed by atoms with Crippen LogP contribution in [0.1, 0.15) is 64.7 Å². The van der Waals surface area contributed by atoms with Gasteiger partial charge in [-0.25, -0.2) is 0 Å². The second-order valence-corrected chi connectivity index (χ2v) is 6.68. The van der Waals surface area contributed by atoms with Gasteiger partial charge in [-0.15, -0.1) is 0 Å². The van der Waals surface area contributed by atoms with E-state index in [1.54, 1.807) is 0 Å². The smallest absolute Gasteiger partial charge is 0.0767 e. The number of likely N-dealkylation sites (tertiary alicyclic amines) is 1. The van der Waals surface area contributed by atoms with E-state index in [0.717, 1.165) is 37.8 Å². The fourth-order valence-corrected chi connectivity index (χ4v) is 4.04. The van der Waals surface area contributed by atoms with E-state index in [-0.39, 0.29) is 0 Å². The van der Waals surface area contributed by atoms with Crippen molar-refractivity contribution < 1.29 is 5.11 Å². The summed E-state index contributed by atoms with van der Waals surface area (Å²) in [5.41, 5.74) is 5.06. The fraction of sp³-hybridized carbons (Fsp3) is 1.00. The van der Waals surface area contributed by atoms with Crippen molar-refractivity contribution in [3.63, 3.8) is 0 Å². The van der Waals surface area contributed by atoms with Gasteiger partial charge in [0.05, 0.1) is 5.60 Å². The Morgan fingerprint density at radius 3 is 2.68 bits per heavy atom. The summed E-state index contributed by atoms with van der Waals surface area (Å²) in [5, 5.41) is 10.2. The third-order valence-electron chi connectivity index (χ3n) is 5.48. The quantitative estimate of drug-likeness (QED) is 0.778. The molecule has 0 aromatic carbocycles. The lowest BCUT2D eigenvalue weighted by Crippen LogP contribution is -2.47. The van der Waals surface area contributed by atoms with Crippen LogP contribution in [0.2, 0.25) is 0 Å². The number of hydrogen-bond acceptors (Lipinski definition) is 3. The van der Waals surface area contributed by atoms with Crippen molar-refractivity contribution >= 4 is 0 Å². The van der Waals surface area contributed by atoms with Gasteiger partial charge in [0.2, 0.25) is 0 Å². The first-order chi connectivity index (χ1) is 9.18. The molecule has 0 amide bonds. The Hall–Kier alpha value is -0.120. The van der Waals surface area contributed by atoms with Gasteiger partial charge in [0.25, 0.3) is 0 Å². The molecule has 0 aromatic rings. The minimum atomic E-state index is -0.623. The van der Waals surface area contributed by atoms with E-state index in [2.05, 4.69) is 4.90 Å². The number of rotatable bonds is 6. The maximum absolute atomic E-state index is 10.2. The number of piperidine rings is 1. The summed E-state index contributed by atoms with van der Waals surface area (Å²) >= 11 is 0. The number of nitrogens with two attached hydrogens (primary N) is 1. The van der Waals surface area contributed by atoms with E-state index in [1.807, 2.05) is 6.92 Å². The van der Waals surface area contributed by atoms with Gasteiger partial charge in [-0.2, -0.15) is 0 Å². The SMILES string of the molecule is CCC(O)(CN)CCCN1CCCC2CCCCC21. The van der Waals surface area contributed by atoms with Crippen LogP contribution in [0.5, 0.6) is 0 Å². The molecule has 2 aliphatic rings. The van der Waals surface area contributed by atoms with Crippen LogP contribution < -0.4 is 5.73 Å². The normalized spacial score (nSPS) is 31.7. The Balaban J connectivity index is 1.78. The maximum Gasteiger partial charge on any atom is 0.0767 e. The summed E-state index contributed by atoms with van der Waals surface area (Å²) in [6, 6.07) is 0.843. The third-order valence-corrected chi connectivity index (χ3v) is 5.48. The van der Waals surface area contributed by atoms with Crippen LogP contribution in [-0.4, -0.2) is 41.3 Å². The van der Waals surface area contributed by atoms with Gasteiger partial charge in [-0.1, -0.05) is 19.8 Å². The van der Waals surface area contributed by atoms with Crippen molar-refractivity contribution in [1.82, 2.24) is 4.90 Å². The van der Waals surface area contributed by atoms with Crippen molar-refractivity contribution in [2.75, 3.05) is 19.6 Å². The highest BCUT2D eigenvalue weighted by Gasteiger charge is 2.33. The Kier molecular flexibility index (Phi) is 5.67. The van der Waals surface area contributed by atoms with Crippen LogP contribution in [0.3, 0.4) is 0 Å². The van der Waals surface area contributed by atoms with Gasteiger partial charge in [-0.3, -0.25) is 0 Å². The summed E-state index contributed by atoms with van der Waals surface area (Å²) in [6.45, 7) is 4.86. The van der Waals surface area contributed by atoms with Crippen molar-refractivity contribution in [3.8, 4) is 0 Å². The molecule has 19 heavy (non-hydrogen) atoms. The summed E-state index contributed by atoms with van der Waals surface area (Å²) in [4.78, 5) is 2.71. The number of fused-ring (bicyclic) bond motifs is 1. The molecule has 3 atom stereocenters. The Morgan fingerprint density at radius 1 is 1.21 bits per heavy atom.